The first-order valence-electron chi connectivity index (χ1n) is 9.04. The maximum atomic E-state index is 13.7. The van der Waals surface area contributed by atoms with Crippen LogP contribution in [0.4, 0.5) is 48.3 Å². The average molecular weight is 464 g/mol. The number of hydrogen-bond acceptors (Lipinski definition) is 2. The molecule has 0 aromatic rings. The van der Waals surface area contributed by atoms with Crippen molar-refractivity contribution in [3.63, 3.8) is 0 Å². The van der Waals surface area contributed by atoms with E-state index in [0.717, 1.165) is 0 Å². The molecule has 0 heterocycles. The van der Waals surface area contributed by atoms with Gasteiger partial charge in [0.05, 0.1) is 18.9 Å². The summed E-state index contributed by atoms with van der Waals surface area (Å²) in [5.41, 5.74) is -7.49. The molecule has 30 heavy (non-hydrogen) atoms. The second kappa shape index (κ2) is 7.39. The Morgan fingerprint density at radius 3 is 1.73 bits per heavy atom. The molecule has 0 amide bonds. The van der Waals surface area contributed by atoms with Gasteiger partial charge in [0.2, 0.25) is 0 Å². The first kappa shape index (κ1) is 25.0. The van der Waals surface area contributed by atoms with Crippen LogP contribution < -0.4 is 0 Å². The van der Waals surface area contributed by atoms with E-state index in [1.165, 1.54) is 0 Å². The van der Waals surface area contributed by atoms with Crippen molar-refractivity contribution in [1.29, 1.82) is 0 Å². The molecule has 2 aliphatic rings. The summed E-state index contributed by atoms with van der Waals surface area (Å²) in [7, 11) is 0. The SMILES string of the molecule is CC1C2CC(C(=O)OCCC(F)(F)C(F)(F)C(F)(C(F)(F)F)C(F)(F)F)C(C2)C1C. The molecule has 5 unspecified atom stereocenters. The molecule has 176 valence electrons. The highest BCUT2D eigenvalue weighted by Gasteiger charge is 2.89. The number of hydrogen-bond donors (Lipinski definition) is 0. The topological polar surface area (TPSA) is 26.3 Å². The Bertz CT molecular complexity index is 639. The van der Waals surface area contributed by atoms with Gasteiger partial charge in [-0.3, -0.25) is 4.79 Å². The van der Waals surface area contributed by atoms with Crippen LogP contribution in [0.2, 0.25) is 0 Å². The molecule has 0 spiro atoms. The standard InChI is InChI=1S/C17H19F11O2/c1-7-8(2)10-5-9(7)6-11(10)12(29)30-4-3-13(18,19)15(21,22)14(20,16(23,24)25)17(26,27)28/h7-11H,3-6H2,1-2H3. The first-order valence-corrected chi connectivity index (χ1v) is 9.04. The van der Waals surface area contributed by atoms with Crippen molar-refractivity contribution in [3.8, 4) is 0 Å². The third-order valence-corrected chi connectivity index (χ3v) is 6.53. The van der Waals surface area contributed by atoms with Crippen molar-refractivity contribution >= 4 is 5.97 Å². The van der Waals surface area contributed by atoms with Crippen LogP contribution in [0.1, 0.15) is 33.1 Å². The van der Waals surface area contributed by atoms with Crippen molar-refractivity contribution in [1.82, 2.24) is 0 Å². The third kappa shape index (κ3) is 3.63. The zero-order valence-corrected chi connectivity index (χ0v) is 15.7. The number of alkyl halides is 11. The lowest BCUT2D eigenvalue weighted by atomic mass is 9.76. The Morgan fingerprint density at radius 1 is 0.833 bits per heavy atom. The van der Waals surface area contributed by atoms with Crippen LogP contribution in [0.25, 0.3) is 0 Å². The van der Waals surface area contributed by atoms with Gasteiger partial charge >= 0.3 is 35.8 Å². The first-order chi connectivity index (χ1) is 13.3. The normalized spacial score (nSPS) is 30.6. The van der Waals surface area contributed by atoms with Crippen LogP contribution in [0.15, 0.2) is 0 Å². The van der Waals surface area contributed by atoms with Crippen LogP contribution >= 0.6 is 0 Å². The van der Waals surface area contributed by atoms with Gasteiger partial charge in [-0.2, -0.15) is 43.9 Å². The number of carbonyl (C=O) groups excluding carboxylic acids is 1. The van der Waals surface area contributed by atoms with Gasteiger partial charge in [0.15, 0.2) is 0 Å². The molecule has 0 N–H and O–H groups in total. The maximum Gasteiger partial charge on any atom is 0.438 e. The zero-order valence-electron chi connectivity index (χ0n) is 15.7. The molecule has 0 aliphatic heterocycles. The lowest BCUT2D eigenvalue weighted by Crippen LogP contribution is -2.70. The Labute approximate surface area is 164 Å². The van der Waals surface area contributed by atoms with Gasteiger partial charge < -0.3 is 4.74 Å². The Balaban J connectivity index is 2.08. The second-order valence-electron chi connectivity index (χ2n) is 8.07. The predicted octanol–water partition coefficient (Wildman–Crippen LogP) is 5.95. The Hall–Kier alpha value is -1.30. The highest BCUT2D eigenvalue weighted by atomic mass is 19.4. The number of rotatable bonds is 6. The van der Waals surface area contributed by atoms with E-state index < -0.39 is 54.8 Å². The number of halogens is 11. The highest BCUT2D eigenvalue weighted by Crippen LogP contribution is 2.60. The molecular weight excluding hydrogens is 445 g/mol. The minimum absolute atomic E-state index is 0.0952. The summed E-state index contributed by atoms with van der Waals surface area (Å²) in [6.45, 7) is 2.23. The molecular formula is C17H19F11O2. The van der Waals surface area contributed by atoms with E-state index in [0.29, 0.717) is 18.8 Å². The lowest BCUT2D eigenvalue weighted by Gasteiger charge is -2.39. The van der Waals surface area contributed by atoms with E-state index >= 15 is 0 Å². The van der Waals surface area contributed by atoms with Gasteiger partial charge in [0, 0.05) is 0 Å². The fourth-order valence-corrected chi connectivity index (χ4v) is 4.52. The lowest BCUT2D eigenvalue weighted by molar-refractivity contribution is -0.427. The van der Waals surface area contributed by atoms with Crippen LogP contribution in [-0.4, -0.2) is 42.4 Å². The maximum absolute atomic E-state index is 13.7. The molecule has 2 saturated carbocycles. The molecule has 5 atom stereocenters. The summed E-state index contributed by atoms with van der Waals surface area (Å²) in [5.74, 6) is -14.7. The Kier molecular flexibility index (Phi) is 6.15. The van der Waals surface area contributed by atoms with Crippen LogP contribution in [0.5, 0.6) is 0 Å². The van der Waals surface area contributed by atoms with Gasteiger partial charge in [0.25, 0.3) is 0 Å². The minimum Gasteiger partial charge on any atom is -0.465 e. The summed E-state index contributed by atoms with van der Waals surface area (Å²) < 4.78 is 147. The van der Waals surface area contributed by atoms with E-state index in [1.807, 2.05) is 13.8 Å². The van der Waals surface area contributed by atoms with Gasteiger partial charge in [-0.15, -0.1) is 0 Å². The predicted molar refractivity (Wildman–Crippen MR) is 79.5 cm³/mol. The molecule has 2 bridgehead atoms. The minimum atomic E-state index is -7.49. The highest BCUT2D eigenvalue weighted by molar-refractivity contribution is 5.73. The quantitative estimate of drug-likeness (QED) is 0.359. The molecule has 2 nitrogen and oxygen atoms in total. The van der Waals surface area contributed by atoms with Crippen molar-refractivity contribution in [2.24, 2.45) is 29.6 Å². The van der Waals surface area contributed by atoms with E-state index in [1.54, 1.807) is 0 Å². The Morgan fingerprint density at radius 2 is 1.33 bits per heavy atom. The van der Waals surface area contributed by atoms with Crippen molar-refractivity contribution in [2.75, 3.05) is 6.61 Å². The van der Waals surface area contributed by atoms with E-state index in [9.17, 15) is 53.1 Å². The van der Waals surface area contributed by atoms with Crippen molar-refractivity contribution in [2.45, 2.75) is 63.0 Å². The molecule has 0 saturated heterocycles. The summed E-state index contributed by atoms with van der Waals surface area (Å²) in [5, 5.41) is 0. The number of fused-ring (bicyclic) bond motifs is 2. The van der Waals surface area contributed by atoms with Gasteiger partial charge in [0.1, 0.15) is 0 Å². The van der Waals surface area contributed by atoms with Crippen molar-refractivity contribution in [3.05, 3.63) is 0 Å². The number of ether oxygens (including phenoxy) is 1. The fourth-order valence-electron chi connectivity index (χ4n) is 4.52. The molecule has 0 aromatic carbocycles. The van der Waals surface area contributed by atoms with Crippen LogP contribution in [0, 0.1) is 29.6 Å². The zero-order chi connectivity index (χ0) is 23.5. The number of esters is 1. The largest absolute Gasteiger partial charge is 0.465 e. The monoisotopic (exact) mass is 464 g/mol. The van der Waals surface area contributed by atoms with Gasteiger partial charge in [-0.05, 0) is 36.5 Å². The summed E-state index contributed by atoms with van der Waals surface area (Å²) in [6.07, 6.45) is -16.1. The molecule has 2 aliphatic carbocycles. The number of carbonyl (C=O) groups is 1. The van der Waals surface area contributed by atoms with E-state index in [2.05, 4.69) is 4.74 Å². The molecule has 13 heteroatoms. The van der Waals surface area contributed by atoms with Crippen LogP contribution in [-0.2, 0) is 9.53 Å². The average Bonchev–Trinajstić information content (AvgIpc) is 3.12. The summed E-state index contributed by atoms with van der Waals surface area (Å²) >= 11 is 0. The van der Waals surface area contributed by atoms with Gasteiger partial charge in [-0.1, -0.05) is 13.8 Å². The smallest absolute Gasteiger partial charge is 0.438 e. The van der Waals surface area contributed by atoms with Crippen LogP contribution in [0.3, 0.4) is 0 Å². The van der Waals surface area contributed by atoms with E-state index in [-0.39, 0.29) is 17.8 Å². The molecule has 0 aromatic heterocycles. The fraction of sp³-hybridized carbons (Fsp3) is 0.941. The van der Waals surface area contributed by atoms with E-state index in [4.69, 9.17) is 0 Å². The van der Waals surface area contributed by atoms with Gasteiger partial charge in [-0.25, -0.2) is 4.39 Å². The molecule has 2 rings (SSSR count). The summed E-state index contributed by atoms with van der Waals surface area (Å²) in [4.78, 5) is 12.0. The van der Waals surface area contributed by atoms with Crippen molar-refractivity contribution < 1.29 is 57.8 Å². The summed E-state index contributed by atoms with van der Waals surface area (Å²) in [6, 6.07) is 0. The molecule has 0 radical (unpaired) electrons. The molecule has 2 fully saturated rings. The second-order valence-corrected chi connectivity index (χ2v) is 8.07. The third-order valence-electron chi connectivity index (χ3n) is 6.53.